The fourth-order valence-electron chi connectivity index (χ4n) is 2.51. The van der Waals surface area contributed by atoms with Gasteiger partial charge in [0.15, 0.2) is 0 Å². The maximum Gasteiger partial charge on any atom is 0.451 e. The molecule has 2 heterocycles. The SMILES string of the molecule is Cc1nc(C(F)(F)F)ncc1CN1C[C@H](O)[C@@H](N(C)C)C1. The first-order valence-electron chi connectivity index (χ1n) is 6.65. The van der Waals surface area contributed by atoms with Crippen molar-refractivity contribution < 1.29 is 18.3 Å². The second-order valence-corrected chi connectivity index (χ2v) is 5.59. The Kier molecular flexibility index (Phi) is 4.50. The van der Waals surface area contributed by atoms with Crippen molar-refractivity contribution in [1.29, 1.82) is 0 Å². The highest BCUT2D eigenvalue weighted by atomic mass is 19.4. The van der Waals surface area contributed by atoms with Gasteiger partial charge < -0.3 is 10.0 Å². The van der Waals surface area contributed by atoms with Gasteiger partial charge in [0.1, 0.15) is 0 Å². The Bertz CT molecular complexity index is 507. The normalized spacial score (nSPS) is 24.0. The Hall–Kier alpha value is -1.25. The second kappa shape index (κ2) is 5.86. The van der Waals surface area contributed by atoms with Crippen LogP contribution in [0.15, 0.2) is 6.20 Å². The van der Waals surface area contributed by atoms with Gasteiger partial charge in [0.2, 0.25) is 5.82 Å². The van der Waals surface area contributed by atoms with Crippen molar-refractivity contribution >= 4 is 0 Å². The predicted octanol–water partition coefficient (Wildman–Crippen LogP) is 0.911. The number of aromatic nitrogens is 2. The Morgan fingerprint density at radius 2 is 2.05 bits per heavy atom. The number of rotatable bonds is 3. The van der Waals surface area contributed by atoms with Gasteiger partial charge in [-0.2, -0.15) is 13.2 Å². The molecule has 21 heavy (non-hydrogen) atoms. The van der Waals surface area contributed by atoms with E-state index in [-0.39, 0.29) is 6.04 Å². The number of aliphatic hydroxyl groups is 1. The molecule has 2 rings (SSSR count). The maximum atomic E-state index is 12.5. The fraction of sp³-hybridized carbons (Fsp3) is 0.692. The van der Waals surface area contributed by atoms with Crippen LogP contribution in [0.25, 0.3) is 0 Å². The minimum atomic E-state index is -4.52. The highest BCUT2D eigenvalue weighted by molar-refractivity contribution is 5.17. The van der Waals surface area contributed by atoms with E-state index in [4.69, 9.17) is 0 Å². The van der Waals surface area contributed by atoms with Crippen LogP contribution in [-0.2, 0) is 12.7 Å². The van der Waals surface area contributed by atoms with Crippen molar-refractivity contribution in [2.75, 3.05) is 27.2 Å². The smallest absolute Gasteiger partial charge is 0.390 e. The minimum absolute atomic E-state index is 0.0284. The van der Waals surface area contributed by atoms with Crippen molar-refractivity contribution in [2.45, 2.75) is 31.8 Å². The first-order valence-corrected chi connectivity index (χ1v) is 6.65. The van der Waals surface area contributed by atoms with Crippen LogP contribution in [-0.4, -0.2) is 64.2 Å². The van der Waals surface area contributed by atoms with Crippen molar-refractivity contribution in [3.63, 3.8) is 0 Å². The molecule has 5 nitrogen and oxygen atoms in total. The molecule has 0 amide bonds. The summed E-state index contributed by atoms with van der Waals surface area (Å²) in [7, 11) is 3.79. The topological polar surface area (TPSA) is 52.5 Å². The third-order valence-corrected chi connectivity index (χ3v) is 3.73. The Morgan fingerprint density at radius 3 is 2.52 bits per heavy atom. The monoisotopic (exact) mass is 304 g/mol. The van der Waals surface area contributed by atoms with Gasteiger partial charge in [0, 0.05) is 43.1 Å². The number of likely N-dealkylation sites (tertiary alicyclic amines) is 1. The van der Waals surface area contributed by atoms with Gasteiger partial charge in [-0.05, 0) is 21.0 Å². The van der Waals surface area contributed by atoms with E-state index >= 15 is 0 Å². The Balaban J connectivity index is 2.08. The van der Waals surface area contributed by atoms with Crippen LogP contribution in [0.5, 0.6) is 0 Å². The van der Waals surface area contributed by atoms with E-state index < -0.39 is 18.1 Å². The molecule has 8 heteroatoms. The van der Waals surface area contributed by atoms with E-state index in [1.54, 1.807) is 6.92 Å². The minimum Gasteiger partial charge on any atom is -0.390 e. The summed E-state index contributed by atoms with van der Waals surface area (Å²) in [5.74, 6) is -1.11. The van der Waals surface area contributed by atoms with Crippen LogP contribution in [0.4, 0.5) is 13.2 Å². The van der Waals surface area contributed by atoms with Crippen molar-refractivity contribution in [3.05, 3.63) is 23.3 Å². The first kappa shape index (κ1) is 16.1. The lowest BCUT2D eigenvalue weighted by Gasteiger charge is -2.22. The standard InChI is InChI=1S/C13H19F3N4O/c1-8-9(4-17-12(18-8)13(14,15)16)5-20-6-10(19(2)3)11(21)7-20/h4,10-11,21H,5-7H2,1-3H3/t10-,11-/m0/s1. The maximum absolute atomic E-state index is 12.5. The molecule has 1 aliphatic rings. The number of likely N-dealkylation sites (N-methyl/N-ethyl adjacent to an activating group) is 1. The van der Waals surface area contributed by atoms with Crippen molar-refractivity contribution in [2.24, 2.45) is 0 Å². The Morgan fingerprint density at radius 1 is 1.38 bits per heavy atom. The van der Waals surface area contributed by atoms with Gasteiger partial charge in [0.05, 0.1) is 6.10 Å². The average molecular weight is 304 g/mol. The molecule has 1 aliphatic heterocycles. The molecule has 0 aromatic carbocycles. The fourth-order valence-corrected chi connectivity index (χ4v) is 2.51. The average Bonchev–Trinajstić information content (AvgIpc) is 2.71. The van der Waals surface area contributed by atoms with Crippen LogP contribution in [0.3, 0.4) is 0 Å². The van der Waals surface area contributed by atoms with Crippen LogP contribution in [0.1, 0.15) is 17.1 Å². The van der Waals surface area contributed by atoms with E-state index in [0.717, 1.165) is 0 Å². The molecule has 1 aromatic rings. The molecule has 2 atom stereocenters. The molecule has 0 aliphatic carbocycles. The quantitative estimate of drug-likeness (QED) is 0.899. The summed E-state index contributed by atoms with van der Waals surface area (Å²) in [4.78, 5) is 10.9. The number of halogens is 3. The van der Waals surface area contributed by atoms with Crippen LogP contribution in [0.2, 0.25) is 0 Å². The predicted molar refractivity (Wildman–Crippen MR) is 70.5 cm³/mol. The largest absolute Gasteiger partial charge is 0.451 e. The van der Waals surface area contributed by atoms with Gasteiger partial charge in [0.25, 0.3) is 0 Å². The van der Waals surface area contributed by atoms with E-state index in [2.05, 4.69) is 9.97 Å². The molecule has 1 aromatic heterocycles. The van der Waals surface area contributed by atoms with Crippen molar-refractivity contribution in [1.82, 2.24) is 19.8 Å². The summed E-state index contributed by atoms with van der Waals surface area (Å²) >= 11 is 0. The molecule has 0 spiro atoms. The molecule has 0 radical (unpaired) electrons. The molecule has 118 valence electrons. The van der Waals surface area contributed by atoms with E-state index in [9.17, 15) is 18.3 Å². The number of alkyl halides is 3. The van der Waals surface area contributed by atoms with E-state index in [1.165, 1.54) is 6.20 Å². The van der Waals surface area contributed by atoms with Crippen LogP contribution < -0.4 is 0 Å². The zero-order valence-electron chi connectivity index (χ0n) is 12.2. The lowest BCUT2D eigenvalue weighted by atomic mass is 10.2. The highest BCUT2D eigenvalue weighted by Crippen LogP contribution is 2.26. The molecule has 0 saturated carbocycles. The number of β-amino-alcohol motifs (C(OH)–C–C–N with tert-alkyl or cyclic N) is 1. The van der Waals surface area contributed by atoms with Crippen LogP contribution in [0, 0.1) is 6.92 Å². The Labute approximate surface area is 121 Å². The number of hydrogen-bond donors (Lipinski definition) is 1. The van der Waals surface area contributed by atoms with Crippen molar-refractivity contribution in [3.8, 4) is 0 Å². The number of aliphatic hydroxyl groups excluding tert-OH is 1. The van der Waals surface area contributed by atoms with Gasteiger partial charge in [-0.1, -0.05) is 0 Å². The summed E-state index contributed by atoms with van der Waals surface area (Å²) in [5.41, 5.74) is 0.967. The molecule has 1 saturated heterocycles. The number of nitrogens with zero attached hydrogens (tertiary/aromatic N) is 4. The third-order valence-electron chi connectivity index (χ3n) is 3.73. The zero-order chi connectivity index (χ0) is 15.8. The molecule has 0 unspecified atom stereocenters. The lowest BCUT2D eigenvalue weighted by Crippen LogP contribution is -2.37. The van der Waals surface area contributed by atoms with Crippen LogP contribution >= 0.6 is 0 Å². The highest BCUT2D eigenvalue weighted by Gasteiger charge is 2.36. The van der Waals surface area contributed by atoms with Gasteiger partial charge in [-0.3, -0.25) is 4.90 Å². The summed E-state index contributed by atoms with van der Waals surface area (Å²) in [5, 5.41) is 9.96. The van der Waals surface area contributed by atoms with Gasteiger partial charge in [-0.25, -0.2) is 9.97 Å². The number of hydrogen-bond acceptors (Lipinski definition) is 5. The molecule has 1 fully saturated rings. The summed E-state index contributed by atoms with van der Waals surface area (Å²) < 4.78 is 37.6. The zero-order valence-corrected chi connectivity index (χ0v) is 12.2. The number of aryl methyl sites for hydroxylation is 1. The first-order chi connectivity index (χ1) is 9.68. The van der Waals surface area contributed by atoms with E-state index in [1.807, 2.05) is 23.9 Å². The third kappa shape index (κ3) is 3.69. The summed E-state index contributed by atoms with van der Waals surface area (Å²) in [6.45, 7) is 3.13. The lowest BCUT2D eigenvalue weighted by molar-refractivity contribution is -0.145. The molecular weight excluding hydrogens is 285 g/mol. The molecular formula is C13H19F3N4O. The summed E-state index contributed by atoms with van der Waals surface area (Å²) in [6, 6.07) is 0.0284. The molecule has 0 bridgehead atoms. The van der Waals surface area contributed by atoms with E-state index in [0.29, 0.717) is 30.9 Å². The summed E-state index contributed by atoms with van der Waals surface area (Å²) in [6.07, 6.45) is -3.76. The van der Waals surface area contributed by atoms with Gasteiger partial charge >= 0.3 is 6.18 Å². The van der Waals surface area contributed by atoms with Gasteiger partial charge in [-0.15, -0.1) is 0 Å². The second-order valence-electron chi connectivity index (χ2n) is 5.59. The molecule has 1 N–H and O–H groups in total.